The van der Waals surface area contributed by atoms with Crippen molar-refractivity contribution >= 4 is 23.9 Å². The molecule has 0 bridgehead atoms. The first-order chi connectivity index (χ1) is 13.8. The number of amides is 1. The number of nitrogens with one attached hydrogen (secondary N) is 1. The van der Waals surface area contributed by atoms with E-state index in [1.807, 2.05) is 84.9 Å². The first-order valence-electron chi connectivity index (χ1n) is 9.07. The molecule has 5 heteroatoms. The molecule has 3 aromatic carbocycles. The first kappa shape index (κ1) is 19.7. The highest BCUT2D eigenvalue weighted by atomic mass is 32.2. The second-order valence-corrected chi connectivity index (χ2v) is 7.19. The Balaban J connectivity index is 1.46. The maximum Gasteiger partial charge on any atom is 0.240 e. The van der Waals surface area contributed by atoms with Crippen LogP contribution in [0.4, 0.5) is 0 Å². The number of hydrogen-bond acceptors (Lipinski definition) is 4. The highest BCUT2D eigenvalue weighted by Gasteiger charge is 2.03. The lowest BCUT2D eigenvalue weighted by molar-refractivity contribution is -0.120. The fraction of sp³-hybridized carbons (Fsp3) is 0.130. The van der Waals surface area contributed by atoms with Gasteiger partial charge in [0.1, 0.15) is 12.4 Å². The van der Waals surface area contributed by atoms with Crippen LogP contribution in [0.3, 0.4) is 0 Å². The maximum atomic E-state index is 11.9. The van der Waals surface area contributed by atoms with Crippen LogP contribution in [0, 0.1) is 0 Å². The summed E-state index contributed by atoms with van der Waals surface area (Å²) in [5.41, 5.74) is 4.49. The second kappa shape index (κ2) is 10.9. The molecular formula is C23H22N2O2S. The Labute approximate surface area is 169 Å². The molecule has 1 amide bonds. The predicted octanol–water partition coefficient (Wildman–Crippen LogP) is 4.90. The van der Waals surface area contributed by atoms with Gasteiger partial charge < -0.3 is 4.74 Å². The van der Waals surface area contributed by atoms with Crippen LogP contribution in [-0.4, -0.2) is 17.9 Å². The van der Waals surface area contributed by atoms with Crippen molar-refractivity contribution in [3.63, 3.8) is 0 Å². The largest absolute Gasteiger partial charge is 0.488 e. The van der Waals surface area contributed by atoms with Gasteiger partial charge in [0, 0.05) is 22.6 Å². The fourth-order valence-corrected chi connectivity index (χ4v) is 3.33. The van der Waals surface area contributed by atoms with E-state index in [4.69, 9.17) is 4.74 Å². The molecular weight excluding hydrogens is 368 g/mol. The molecule has 142 valence electrons. The van der Waals surface area contributed by atoms with Crippen molar-refractivity contribution in [2.24, 2.45) is 5.10 Å². The quantitative estimate of drug-likeness (QED) is 0.321. The van der Waals surface area contributed by atoms with Crippen molar-refractivity contribution in [2.45, 2.75) is 17.9 Å². The SMILES string of the molecule is O=C(CCSc1ccccc1)N/N=C\c1ccccc1OCc1ccccc1. The minimum atomic E-state index is -0.109. The Kier molecular flexibility index (Phi) is 7.70. The summed E-state index contributed by atoms with van der Waals surface area (Å²) in [6, 6.07) is 27.6. The third-order valence-electron chi connectivity index (χ3n) is 3.89. The van der Waals surface area contributed by atoms with E-state index in [0.29, 0.717) is 18.8 Å². The van der Waals surface area contributed by atoms with Gasteiger partial charge in [-0.2, -0.15) is 5.10 Å². The molecule has 0 spiro atoms. The van der Waals surface area contributed by atoms with Crippen molar-refractivity contribution in [3.8, 4) is 5.75 Å². The lowest BCUT2D eigenvalue weighted by atomic mass is 10.2. The van der Waals surface area contributed by atoms with E-state index in [2.05, 4.69) is 10.5 Å². The van der Waals surface area contributed by atoms with E-state index in [0.717, 1.165) is 21.8 Å². The van der Waals surface area contributed by atoms with Crippen LogP contribution in [0.15, 0.2) is 94.9 Å². The minimum Gasteiger partial charge on any atom is -0.488 e. The van der Waals surface area contributed by atoms with Gasteiger partial charge in [0.25, 0.3) is 0 Å². The molecule has 28 heavy (non-hydrogen) atoms. The predicted molar refractivity (Wildman–Crippen MR) is 115 cm³/mol. The van der Waals surface area contributed by atoms with E-state index in [-0.39, 0.29) is 5.91 Å². The second-order valence-electron chi connectivity index (χ2n) is 6.02. The monoisotopic (exact) mass is 390 g/mol. The summed E-state index contributed by atoms with van der Waals surface area (Å²) >= 11 is 1.65. The molecule has 4 nitrogen and oxygen atoms in total. The van der Waals surface area contributed by atoms with Gasteiger partial charge >= 0.3 is 0 Å². The summed E-state index contributed by atoms with van der Waals surface area (Å²) in [5, 5.41) is 4.07. The van der Waals surface area contributed by atoms with E-state index in [1.165, 1.54) is 0 Å². The highest BCUT2D eigenvalue weighted by Crippen LogP contribution is 2.18. The number of benzene rings is 3. The van der Waals surface area contributed by atoms with Gasteiger partial charge in [-0.05, 0) is 29.8 Å². The molecule has 0 aliphatic carbocycles. The van der Waals surface area contributed by atoms with Crippen LogP contribution < -0.4 is 10.2 Å². The molecule has 0 fully saturated rings. The fourth-order valence-electron chi connectivity index (χ4n) is 2.46. The molecule has 0 aliphatic heterocycles. The summed E-state index contributed by atoms with van der Waals surface area (Å²) < 4.78 is 5.89. The van der Waals surface area contributed by atoms with Gasteiger partial charge in [-0.1, -0.05) is 60.7 Å². The number of hydrazone groups is 1. The van der Waals surface area contributed by atoms with Crippen LogP contribution in [0.5, 0.6) is 5.75 Å². The van der Waals surface area contributed by atoms with Gasteiger partial charge in [0.15, 0.2) is 0 Å². The first-order valence-corrected chi connectivity index (χ1v) is 10.1. The highest BCUT2D eigenvalue weighted by molar-refractivity contribution is 7.99. The number of rotatable bonds is 9. The van der Waals surface area contributed by atoms with Crippen molar-refractivity contribution in [1.82, 2.24) is 5.43 Å². The lowest BCUT2D eigenvalue weighted by Gasteiger charge is -2.09. The topological polar surface area (TPSA) is 50.7 Å². The minimum absolute atomic E-state index is 0.109. The maximum absolute atomic E-state index is 11.9. The van der Waals surface area contributed by atoms with E-state index in [1.54, 1.807) is 18.0 Å². The van der Waals surface area contributed by atoms with Gasteiger partial charge in [-0.3, -0.25) is 4.79 Å². The molecule has 0 saturated carbocycles. The zero-order valence-corrected chi connectivity index (χ0v) is 16.3. The number of ether oxygens (including phenoxy) is 1. The van der Waals surface area contributed by atoms with E-state index in [9.17, 15) is 4.79 Å². The number of para-hydroxylation sites is 1. The molecule has 0 atom stereocenters. The molecule has 0 aliphatic rings. The van der Waals surface area contributed by atoms with Gasteiger partial charge in [0.2, 0.25) is 5.91 Å². The Hall–Kier alpha value is -3.05. The van der Waals surface area contributed by atoms with Gasteiger partial charge in [-0.15, -0.1) is 11.8 Å². The number of hydrogen-bond donors (Lipinski definition) is 1. The molecule has 0 saturated heterocycles. The summed E-state index contributed by atoms with van der Waals surface area (Å²) in [6.45, 7) is 0.481. The van der Waals surface area contributed by atoms with Crippen LogP contribution in [0.25, 0.3) is 0 Å². The van der Waals surface area contributed by atoms with Crippen molar-refractivity contribution < 1.29 is 9.53 Å². The summed E-state index contributed by atoms with van der Waals surface area (Å²) in [6.07, 6.45) is 2.02. The van der Waals surface area contributed by atoms with Crippen molar-refractivity contribution in [1.29, 1.82) is 0 Å². The lowest BCUT2D eigenvalue weighted by Crippen LogP contribution is -2.17. The molecule has 1 N–H and O–H groups in total. The smallest absolute Gasteiger partial charge is 0.240 e. The van der Waals surface area contributed by atoms with E-state index < -0.39 is 0 Å². The van der Waals surface area contributed by atoms with E-state index >= 15 is 0 Å². The summed E-state index contributed by atoms with van der Waals surface area (Å²) in [4.78, 5) is 13.1. The molecule has 3 rings (SSSR count). The van der Waals surface area contributed by atoms with Crippen LogP contribution in [0.1, 0.15) is 17.5 Å². The van der Waals surface area contributed by atoms with Crippen LogP contribution >= 0.6 is 11.8 Å². The zero-order valence-electron chi connectivity index (χ0n) is 15.5. The third-order valence-corrected chi connectivity index (χ3v) is 4.90. The standard InChI is InChI=1S/C23H22N2O2S/c26-23(15-16-28-21-12-5-2-6-13-21)25-24-17-20-11-7-8-14-22(20)27-18-19-9-3-1-4-10-19/h1-14,17H,15-16,18H2,(H,25,26)/b24-17-. The molecule has 3 aromatic rings. The third kappa shape index (κ3) is 6.59. The zero-order chi connectivity index (χ0) is 19.4. The van der Waals surface area contributed by atoms with Gasteiger partial charge in [0.05, 0.1) is 6.21 Å². The molecule has 0 heterocycles. The average molecular weight is 391 g/mol. The van der Waals surface area contributed by atoms with Crippen LogP contribution in [0.2, 0.25) is 0 Å². The Morgan fingerprint density at radius 3 is 2.39 bits per heavy atom. The Bertz CT molecular complexity index is 899. The van der Waals surface area contributed by atoms with Crippen LogP contribution in [-0.2, 0) is 11.4 Å². The van der Waals surface area contributed by atoms with Crippen molar-refractivity contribution in [2.75, 3.05) is 5.75 Å². The number of nitrogens with zero attached hydrogens (tertiary/aromatic N) is 1. The van der Waals surface area contributed by atoms with Crippen molar-refractivity contribution in [3.05, 3.63) is 96.1 Å². The molecule has 0 unspecified atom stereocenters. The molecule has 0 radical (unpaired) electrons. The number of thioether (sulfide) groups is 1. The number of carbonyl (C=O) groups excluding carboxylic acids is 1. The summed E-state index contributed by atoms with van der Waals surface area (Å²) in [7, 11) is 0. The Morgan fingerprint density at radius 2 is 1.61 bits per heavy atom. The van der Waals surface area contributed by atoms with Gasteiger partial charge in [-0.25, -0.2) is 5.43 Å². The molecule has 0 aromatic heterocycles. The normalized spacial score (nSPS) is 10.7. The number of carbonyl (C=O) groups is 1. The average Bonchev–Trinajstić information content (AvgIpc) is 2.74. The Morgan fingerprint density at radius 1 is 0.929 bits per heavy atom. The summed E-state index contributed by atoms with van der Waals surface area (Å²) in [5.74, 6) is 1.33.